The Morgan fingerprint density at radius 2 is 2.15 bits per heavy atom. The number of carbonyl (C=O) groups is 1. The molecule has 114 valence electrons. The molecule has 0 saturated carbocycles. The number of thiocarbonyl (C=S) groups is 1. The van der Waals surface area contributed by atoms with Gasteiger partial charge in [-0.2, -0.15) is 0 Å². The van der Waals surface area contributed by atoms with Crippen molar-refractivity contribution in [2.24, 2.45) is 0 Å². The van der Waals surface area contributed by atoms with Crippen molar-refractivity contribution in [3.05, 3.63) is 0 Å². The molecule has 0 N–H and O–H groups in total. The summed E-state index contributed by atoms with van der Waals surface area (Å²) in [6.07, 6.45) is 2.51. The number of thioether (sulfide) groups is 3. The second-order valence-electron chi connectivity index (χ2n) is 5.06. The van der Waals surface area contributed by atoms with Gasteiger partial charge in [-0.25, -0.2) is 0 Å². The van der Waals surface area contributed by atoms with E-state index >= 15 is 0 Å². The van der Waals surface area contributed by atoms with E-state index in [9.17, 15) is 4.79 Å². The lowest BCUT2D eigenvalue weighted by Gasteiger charge is -2.34. The summed E-state index contributed by atoms with van der Waals surface area (Å²) in [4.78, 5) is 16.7. The summed E-state index contributed by atoms with van der Waals surface area (Å²) in [6, 6.07) is 0. The van der Waals surface area contributed by atoms with E-state index in [1.54, 1.807) is 23.5 Å². The first-order chi connectivity index (χ1) is 9.69. The van der Waals surface area contributed by atoms with Gasteiger partial charge >= 0.3 is 0 Å². The highest BCUT2D eigenvalue weighted by Crippen LogP contribution is 2.35. The van der Waals surface area contributed by atoms with Crippen molar-refractivity contribution in [2.75, 3.05) is 44.2 Å². The van der Waals surface area contributed by atoms with Crippen LogP contribution in [0.1, 0.15) is 19.8 Å². The number of amides is 1. The average molecular weight is 351 g/mol. The van der Waals surface area contributed by atoms with Crippen LogP contribution >= 0.6 is 47.5 Å². The summed E-state index contributed by atoms with van der Waals surface area (Å²) in [5, 5.41) is 0.774. The lowest BCUT2D eigenvalue weighted by atomic mass is 10.2. The summed E-state index contributed by atoms with van der Waals surface area (Å²) < 4.78 is 1.03. The van der Waals surface area contributed by atoms with Crippen LogP contribution in [0.3, 0.4) is 0 Å². The molecule has 1 amide bonds. The fourth-order valence-electron chi connectivity index (χ4n) is 2.24. The SMILES string of the molecule is CCCCN1CCN(C(=O)SCC2CSC(=S)S2)CC1. The molecule has 2 aliphatic heterocycles. The Labute approximate surface area is 140 Å². The highest BCUT2D eigenvalue weighted by Gasteiger charge is 2.25. The van der Waals surface area contributed by atoms with Gasteiger partial charge in [-0.05, 0) is 13.0 Å². The molecule has 2 rings (SSSR count). The lowest BCUT2D eigenvalue weighted by Crippen LogP contribution is -2.47. The van der Waals surface area contributed by atoms with Crippen molar-refractivity contribution in [2.45, 2.75) is 25.0 Å². The first-order valence-electron chi connectivity index (χ1n) is 7.16. The van der Waals surface area contributed by atoms with Crippen LogP contribution in [0.5, 0.6) is 0 Å². The molecule has 20 heavy (non-hydrogen) atoms. The zero-order valence-corrected chi connectivity index (χ0v) is 15.1. The van der Waals surface area contributed by atoms with Gasteiger partial charge < -0.3 is 4.90 Å². The second-order valence-corrected chi connectivity index (χ2v) is 9.56. The van der Waals surface area contributed by atoms with Gasteiger partial charge in [0.1, 0.15) is 3.53 Å². The Balaban J connectivity index is 1.63. The third-order valence-corrected chi connectivity index (χ3v) is 7.95. The molecular weight excluding hydrogens is 328 g/mol. The first kappa shape index (κ1) is 16.9. The monoisotopic (exact) mass is 350 g/mol. The molecule has 2 saturated heterocycles. The van der Waals surface area contributed by atoms with Crippen molar-refractivity contribution >= 4 is 56.3 Å². The first-order valence-corrected chi connectivity index (χ1v) is 10.4. The molecule has 0 aromatic heterocycles. The number of carbonyl (C=O) groups excluding carboxylic acids is 1. The van der Waals surface area contributed by atoms with Gasteiger partial charge in [0.15, 0.2) is 0 Å². The van der Waals surface area contributed by atoms with Gasteiger partial charge in [-0.15, -0.1) is 23.5 Å². The van der Waals surface area contributed by atoms with Crippen molar-refractivity contribution in [3.63, 3.8) is 0 Å². The molecule has 0 aromatic rings. The van der Waals surface area contributed by atoms with Crippen LogP contribution in [-0.2, 0) is 0 Å². The van der Waals surface area contributed by atoms with E-state index in [1.807, 2.05) is 4.90 Å². The predicted molar refractivity (Wildman–Crippen MR) is 97.2 cm³/mol. The van der Waals surface area contributed by atoms with E-state index < -0.39 is 0 Å². The van der Waals surface area contributed by atoms with Gasteiger partial charge in [0, 0.05) is 42.9 Å². The third-order valence-electron chi connectivity index (χ3n) is 3.50. The van der Waals surface area contributed by atoms with Crippen LogP contribution in [0.25, 0.3) is 0 Å². The maximum Gasteiger partial charge on any atom is 0.281 e. The normalized spacial score (nSPS) is 24.4. The topological polar surface area (TPSA) is 23.6 Å². The van der Waals surface area contributed by atoms with E-state index in [0.717, 1.165) is 41.2 Å². The predicted octanol–water partition coefficient (Wildman–Crippen LogP) is 3.39. The molecule has 1 atom stereocenters. The Bertz CT molecular complexity index is 345. The van der Waals surface area contributed by atoms with Crippen LogP contribution in [0.15, 0.2) is 0 Å². The van der Waals surface area contributed by atoms with Crippen molar-refractivity contribution in [3.8, 4) is 0 Å². The maximum atomic E-state index is 12.2. The van der Waals surface area contributed by atoms with E-state index in [0.29, 0.717) is 5.25 Å². The van der Waals surface area contributed by atoms with E-state index in [4.69, 9.17) is 12.2 Å². The Kier molecular flexibility index (Phi) is 7.52. The van der Waals surface area contributed by atoms with E-state index in [2.05, 4.69) is 11.8 Å². The molecule has 0 aliphatic carbocycles. The van der Waals surface area contributed by atoms with Gasteiger partial charge in [0.2, 0.25) is 0 Å². The fraction of sp³-hybridized carbons (Fsp3) is 0.846. The third kappa shape index (κ3) is 5.40. The average Bonchev–Trinajstić information content (AvgIpc) is 2.89. The summed E-state index contributed by atoms with van der Waals surface area (Å²) >= 11 is 10.1. The zero-order valence-electron chi connectivity index (χ0n) is 11.9. The molecule has 3 nitrogen and oxygen atoms in total. The highest BCUT2D eigenvalue weighted by molar-refractivity contribution is 8.49. The maximum absolute atomic E-state index is 12.2. The summed E-state index contributed by atoms with van der Waals surface area (Å²) in [5.74, 6) is 1.96. The van der Waals surface area contributed by atoms with Gasteiger partial charge in [0.25, 0.3) is 5.24 Å². The molecule has 0 radical (unpaired) electrons. The Morgan fingerprint density at radius 3 is 2.75 bits per heavy atom. The number of nitrogens with zero attached hydrogens (tertiary/aromatic N) is 2. The summed E-state index contributed by atoms with van der Waals surface area (Å²) in [7, 11) is 0. The van der Waals surface area contributed by atoms with Crippen LogP contribution in [0, 0.1) is 0 Å². The molecule has 0 aromatic carbocycles. The van der Waals surface area contributed by atoms with E-state index in [1.165, 1.54) is 31.1 Å². The van der Waals surface area contributed by atoms with Gasteiger partial charge in [0.05, 0.1) is 0 Å². The molecule has 7 heteroatoms. The molecular formula is C13H22N2OS4. The number of hydrogen-bond donors (Lipinski definition) is 0. The second kappa shape index (κ2) is 8.88. The Hall–Kier alpha value is 0.570. The van der Waals surface area contributed by atoms with Gasteiger partial charge in [-0.1, -0.05) is 37.3 Å². The van der Waals surface area contributed by atoms with Crippen LogP contribution in [-0.4, -0.2) is 68.0 Å². The van der Waals surface area contributed by atoms with E-state index in [-0.39, 0.29) is 5.24 Å². The Morgan fingerprint density at radius 1 is 1.40 bits per heavy atom. The standard InChI is InChI=1S/C13H22N2OS4/c1-2-3-4-14-5-7-15(8-6-14)12(16)18-9-11-10-19-13(17)20-11/h11H,2-10H2,1H3. The number of hydrogen-bond acceptors (Lipinski definition) is 6. The summed E-state index contributed by atoms with van der Waals surface area (Å²) in [6.45, 7) is 7.25. The highest BCUT2D eigenvalue weighted by atomic mass is 32.2. The number of piperazine rings is 1. The quantitative estimate of drug-likeness (QED) is 0.705. The van der Waals surface area contributed by atoms with Crippen molar-refractivity contribution < 1.29 is 4.79 Å². The molecule has 2 aliphatic rings. The van der Waals surface area contributed by atoms with Crippen molar-refractivity contribution in [1.82, 2.24) is 9.80 Å². The molecule has 0 spiro atoms. The minimum absolute atomic E-state index is 0.253. The molecule has 2 heterocycles. The van der Waals surface area contributed by atoms with Crippen LogP contribution in [0.2, 0.25) is 0 Å². The minimum Gasteiger partial charge on any atom is -0.331 e. The fourth-order valence-corrected chi connectivity index (χ4v) is 6.36. The number of unbranched alkanes of at least 4 members (excludes halogenated alkanes) is 1. The largest absolute Gasteiger partial charge is 0.331 e. The molecule has 2 fully saturated rings. The minimum atomic E-state index is 0.253. The molecule has 1 unspecified atom stereocenters. The lowest BCUT2D eigenvalue weighted by molar-refractivity contribution is 0.152. The van der Waals surface area contributed by atoms with Crippen LogP contribution in [0.4, 0.5) is 4.79 Å². The van der Waals surface area contributed by atoms with Crippen LogP contribution < -0.4 is 0 Å². The zero-order chi connectivity index (χ0) is 14.4. The summed E-state index contributed by atoms with van der Waals surface area (Å²) in [5.41, 5.74) is 0. The number of rotatable bonds is 5. The van der Waals surface area contributed by atoms with Crippen molar-refractivity contribution in [1.29, 1.82) is 0 Å². The van der Waals surface area contributed by atoms with Gasteiger partial charge in [-0.3, -0.25) is 9.69 Å². The smallest absolute Gasteiger partial charge is 0.281 e. The molecule has 0 bridgehead atoms.